The van der Waals surface area contributed by atoms with Crippen LogP contribution in [0, 0.1) is 19.3 Å². The standard InChI is InChI=1S/C14H21N3O/c1-10-3-4-12(7-11(10)2)16-9-14(5-6-14)8-13(15)17-18/h3-4,7,16,18H,5-6,8-9H2,1-2H3,(H2,15,17). The molecule has 0 spiro atoms. The van der Waals surface area contributed by atoms with Crippen molar-refractivity contribution in [3.8, 4) is 0 Å². The summed E-state index contributed by atoms with van der Waals surface area (Å²) in [7, 11) is 0. The van der Waals surface area contributed by atoms with Crippen molar-refractivity contribution in [3.63, 3.8) is 0 Å². The summed E-state index contributed by atoms with van der Waals surface area (Å²) >= 11 is 0. The third kappa shape index (κ3) is 2.94. The SMILES string of the molecule is Cc1ccc(NCC2(CC(N)=NO)CC2)cc1C. The maximum Gasteiger partial charge on any atom is 0.139 e. The Labute approximate surface area is 108 Å². The van der Waals surface area contributed by atoms with Crippen molar-refractivity contribution in [2.24, 2.45) is 16.3 Å². The zero-order valence-corrected chi connectivity index (χ0v) is 11.0. The molecule has 1 fully saturated rings. The molecule has 0 heterocycles. The topological polar surface area (TPSA) is 70.6 Å². The van der Waals surface area contributed by atoms with Crippen LogP contribution in [0.5, 0.6) is 0 Å². The van der Waals surface area contributed by atoms with Gasteiger partial charge in [0.15, 0.2) is 0 Å². The molecule has 1 aromatic carbocycles. The van der Waals surface area contributed by atoms with Gasteiger partial charge in [-0.05, 0) is 55.4 Å². The molecule has 0 unspecified atom stereocenters. The molecule has 2 rings (SSSR count). The zero-order valence-electron chi connectivity index (χ0n) is 11.0. The number of amidine groups is 1. The first-order valence-electron chi connectivity index (χ1n) is 6.32. The average Bonchev–Trinajstić information content (AvgIpc) is 3.11. The van der Waals surface area contributed by atoms with Gasteiger partial charge in [0.1, 0.15) is 5.84 Å². The quantitative estimate of drug-likeness (QED) is 0.324. The number of hydrogen-bond acceptors (Lipinski definition) is 3. The number of nitrogens with two attached hydrogens (primary N) is 1. The van der Waals surface area contributed by atoms with Crippen LogP contribution in [0.25, 0.3) is 0 Å². The normalized spacial score (nSPS) is 17.6. The molecule has 98 valence electrons. The van der Waals surface area contributed by atoms with Crippen LogP contribution in [0.15, 0.2) is 23.4 Å². The fourth-order valence-corrected chi connectivity index (χ4v) is 2.15. The minimum absolute atomic E-state index is 0.190. The van der Waals surface area contributed by atoms with Crippen LogP contribution in [0.4, 0.5) is 5.69 Å². The van der Waals surface area contributed by atoms with Gasteiger partial charge < -0.3 is 16.3 Å². The van der Waals surface area contributed by atoms with Gasteiger partial charge >= 0.3 is 0 Å². The predicted octanol–water partition coefficient (Wildman–Crippen LogP) is 2.63. The number of nitrogens with one attached hydrogen (secondary N) is 1. The van der Waals surface area contributed by atoms with Crippen LogP contribution in [-0.4, -0.2) is 17.6 Å². The van der Waals surface area contributed by atoms with Gasteiger partial charge in [-0.2, -0.15) is 0 Å². The van der Waals surface area contributed by atoms with Crippen molar-refractivity contribution in [1.82, 2.24) is 0 Å². The first kappa shape index (κ1) is 12.7. The maximum absolute atomic E-state index is 8.62. The number of rotatable bonds is 5. The highest BCUT2D eigenvalue weighted by Crippen LogP contribution is 2.48. The monoisotopic (exact) mass is 247 g/mol. The van der Waals surface area contributed by atoms with Crippen molar-refractivity contribution in [2.45, 2.75) is 33.1 Å². The fraction of sp³-hybridized carbons (Fsp3) is 0.500. The lowest BCUT2D eigenvalue weighted by atomic mass is 10.0. The molecule has 0 bridgehead atoms. The number of nitrogens with zero attached hydrogens (tertiary/aromatic N) is 1. The lowest BCUT2D eigenvalue weighted by molar-refractivity contribution is 0.315. The minimum atomic E-state index is 0.190. The van der Waals surface area contributed by atoms with E-state index in [9.17, 15) is 0 Å². The summed E-state index contributed by atoms with van der Waals surface area (Å²) in [6.07, 6.45) is 2.95. The van der Waals surface area contributed by atoms with Crippen molar-refractivity contribution in [1.29, 1.82) is 0 Å². The number of oxime groups is 1. The molecule has 4 N–H and O–H groups in total. The van der Waals surface area contributed by atoms with Crippen molar-refractivity contribution >= 4 is 11.5 Å². The molecule has 0 saturated heterocycles. The highest BCUT2D eigenvalue weighted by atomic mass is 16.4. The van der Waals surface area contributed by atoms with Crippen molar-refractivity contribution in [3.05, 3.63) is 29.3 Å². The predicted molar refractivity (Wildman–Crippen MR) is 74.1 cm³/mol. The van der Waals surface area contributed by atoms with E-state index in [2.05, 4.69) is 42.5 Å². The number of hydrogen-bond donors (Lipinski definition) is 3. The number of benzene rings is 1. The maximum atomic E-state index is 8.62. The second kappa shape index (κ2) is 4.88. The van der Waals surface area contributed by atoms with Gasteiger partial charge in [0, 0.05) is 18.7 Å². The lowest BCUT2D eigenvalue weighted by Gasteiger charge is -2.16. The first-order valence-corrected chi connectivity index (χ1v) is 6.32. The molecule has 1 aromatic rings. The summed E-state index contributed by atoms with van der Waals surface area (Å²) in [6, 6.07) is 6.39. The Kier molecular flexibility index (Phi) is 3.45. The summed E-state index contributed by atoms with van der Waals surface area (Å²) in [5, 5.41) is 15.1. The molecule has 0 aliphatic heterocycles. The Morgan fingerprint density at radius 1 is 1.39 bits per heavy atom. The second-order valence-corrected chi connectivity index (χ2v) is 5.42. The van der Waals surface area contributed by atoms with Crippen LogP contribution in [0.3, 0.4) is 0 Å². The molecular weight excluding hydrogens is 226 g/mol. The van der Waals surface area contributed by atoms with Crippen LogP contribution < -0.4 is 11.1 Å². The number of aryl methyl sites for hydroxylation is 2. The largest absolute Gasteiger partial charge is 0.409 e. The fourth-order valence-electron chi connectivity index (χ4n) is 2.15. The van der Waals surface area contributed by atoms with E-state index in [0.29, 0.717) is 12.3 Å². The highest BCUT2D eigenvalue weighted by Gasteiger charge is 2.43. The first-order chi connectivity index (χ1) is 8.54. The minimum Gasteiger partial charge on any atom is -0.409 e. The highest BCUT2D eigenvalue weighted by molar-refractivity contribution is 5.80. The smallest absolute Gasteiger partial charge is 0.139 e. The van der Waals surface area contributed by atoms with Crippen LogP contribution in [-0.2, 0) is 0 Å². The van der Waals surface area contributed by atoms with E-state index < -0.39 is 0 Å². The van der Waals surface area contributed by atoms with E-state index in [-0.39, 0.29) is 5.41 Å². The van der Waals surface area contributed by atoms with E-state index >= 15 is 0 Å². The number of anilines is 1. The van der Waals surface area contributed by atoms with Gasteiger partial charge in [-0.3, -0.25) is 0 Å². The van der Waals surface area contributed by atoms with E-state index in [0.717, 1.165) is 25.1 Å². The Morgan fingerprint density at radius 2 is 2.11 bits per heavy atom. The van der Waals surface area contributed by atoms with E-state index in [4.69, 9.17) is 10.9 Å². The van der Waals surface area contributed by atoms with Gasteiger partial charge in [0.2, 0.25) is 0 Å². The third-order valence-corrected chi connectivity index (χ3v) is 3.82. The molecule has 1 aliphatic rings. The molecule has 4 heteroatoms. The lowest BCUT2D eigenvalue weighted by Crippen LogP contribution is -2.23. The molecule has 4 nitrogen and oxygen atoms in total. The second-order valence-electron chi connectivity index (χ2n) is 5.42. The van der Waals surface area contributed by atoms with Gasteiger partial charge in [0.25, 0.3) is 0 Å². The molecule has 0 radical (unpaired) electrons. The van der Waals surface area contributed by atoms with Crippen LogP contribution >= 0.6 is 0 Å². The van der Waals surface area contributed by atoms with Crippen molar-refractivity contribution in [2.75, 3.05) is 11.9 Å². The Bertz CT molecular complexity index is 464. The molecule has 1 aliphatic carbocycles. The van der Waals surface area contributed by atoms with Gasteiger partial charge in [-0.25, -0.2) is 0 Å². The van der Waals surface area contributed by atoms with Crippen molar-refractivity contribution < 1.29 is 5.21 Å². The molecule has 0 amide bonds. The Morgan fingerprint density at radius 3 is 2.67 bits per heavy atom. The Hall–Kier alpha value is -1.71. The molecule has 1 saturated carbocycles. The molecule has 0 atom stereocenters. The summed E-state index contributed by atoms with van der Waals surface area (Å²) < 4.78 is 0. The van der Waals surface area contributed by atoms with E-state index in [1.165, 1.54) is 11.1 Å². The van der Waals surface area contributed by atoms with Crippen LogP contribution in [0.2, 0.25) is 0 Å². The zero-order chi connectivity index (χ0) is 13.2. The summed E-state index contributed by atoms with van der Waals surface area (Å²) in [6.45, 7) is 5.11. The van der Waals surface area contributed by atoms with Gasteiger partial charge in [-0.1, -0.05) is 11.2 Å². The summed E-state index contributed by atoms with van der Waals surface area (Å²) in [4.78, 5) is 0. The average molecular weight is 247 g/mol. The van der Waals surface area contributed by atoms with Crippen LogP contribution in [0.1, 0.15) is 30.4 Å². The Balaban J connectivity index is 1.93. The third-order valence-electron chi connectivity index (χ3n) is 3.82. The molecular formula is C14H21N3O. The molecule has 18 heavy (non-hydrogen) atoms. The van der Waals surface area contributed by atoms with E-state index in [1.54, 1.807) is 0 Å². The summed E-state index contributed by atoms with van der Waals surface area (Å²) in [5.74, 6) is 0.328. The summed E-state index contributed by atoms with van der Waals surface area (Å²) in [5.41, 5.74) is 9.51. The van der Waals surface area contributed by atoms with E-state index in [1.807, 2.05) is 0 Å². The molecule has 0 aromatic heterocycles. The van der Waals surface area contributed by atoms with Gasteiger partial charge in [-0.15, -0.1) is 0 Å². The van der Waals surface area contributed by atoms with Gasteiger partial charge in [0.05, 0.1) is 0 Å².